The standard InChI is InChI=1S/C23H27F3N2O4/c1-15(16-6-8-17(9-7-16)32-14-23(24,25)26)27-22(29)28-12-4-5-20(28)19-13-18(30-2)10-11-21(19)31-3/h6-11,13,15,20H,4-5,12,14H2,1-3H3,(H,27,29). The Labute approximate surface area is 185 Å². The first kappa shape index (κ1) is 23.6. The van der Waals surface area contributed by atoms with E-state index < -0.39 is 12.8 Å². The number of ether oxygens (including phenoxy) is 3. The Kier molecular flexibility index (Phi) is 7.37. The van der Waals surface area contributed by atoms with Crippen molar-refractivity contribution in [3.63, 3.8) is 0 Å². The van der Waals surface area contributed by atoms with Crippen molar-refractivity contribution in [1.82, 2.24) is 10.2 Å². The molecule has 0 radical (unpaired) electrons. The summed E-state index contributed by atoms with van der Waals surface area (Å²) in [5.74, 6) is 1.50. The van der Waals surface area contributed by atoms with Crippen molar-refractivity contribution in [2.75, 3.05) is 27.4 Å². The summed E-state index contributed by atoms with van der Waals surface area (Å²) in [7, 11) is 3.18. The third kappa shape index (κ3) is 5.77. The first-order valence-corrected chi connectivity index (χ1v) is 10.3. The quantitative estimate of drug-likeness (QED) is 0.623. The number of methoxy groups -OCH3 is 2. The number of alkyl halides is 3. The Balaban J connectivity index is 1.67. The molecule has 0 aliphatic carbocycles. The van der Waals surface area contributed by atoms with E-state index in [9.17, 15) is 18.0 Å². The van der Waals surface area contributed by atoms with E-state index in [2.05, 4.69) is 5.32 Å². The summed E-state index contributed by atoms with van der Waals surface area (Å²) in [5, 5.41) is 2.97. The molecule has 0 spiro atoms. The van der Waals surface area contributed by atoms with E-state index in [0.29, 0.717) is 18.0 Å². The van der Waals surface area contributed by atoms with Gasteiger partial charge in [0.2, 0.25) is 0 Å². The summed E-state index contributed by atoms with van der Waals surface area (Å²) in [6.07, 6.45) is -2.73. The van der Waals surface area contributed by atoms with Crippen LogP contribution in [0.5, 0.6) is 17.2 Å². The molecule has 0 aromatic heterocycles. The minimum absolute atomic E-state index is 0.120. The van der Waals surface area contributed by atoms with Crippen molar-refractivity contribution in [2.45, 2.75) is 38.0 Å². The van der Waals surface area contributed by atoms with E-state index in [4.69, 9.17) is 14.2 Å². The van der Waals surface area contributed by atoms with Crippen LogP contribution in [0.25, 0.3) is 0 Å². The number of urea groups is 1. The lowest BCUT2D eigenvalue weighted by Crippen LogP contribution is -2.40. The number of likely N-dealkylation sites (tertiary alicyclic amines) is 1. The Morgan fingerprint density at radius 3 is 2.44 bits per heavy atom. The van der Waals surface area contributed by atoms with Crippen LogP contribution >= 0.6 is 0 Å². The molecule has 1 heterocycles. The molecule has 32 heavy (non-hydrogen) atoms. The van der Waals surface area contributed by atoms with E-state index in [1.165, 1.54) is 12.1 Å². The van der Waals surface area contributed by atoms with E-state index in [0.717, 1.165) is 24.0 Å². The molecule has 2 aromatic rings. The van der Waals surface area contributed by atoms with Gasteiger partial charge >= 0.3 is 12.2 Å². The fraction of sp³-hybridized carbons (Fsp3) is 0.435. The molecule has 0 bridgehead atoms. The lowest BCUT2D eigenvalue weighted by molar-refractivity contribution is -0.153. The van der Waals surface area contributed by atoms with Crippen LogP contribution in [-0.4, -0.2) is 44.5 Å². The third-order valence-electron chi connectivity index (χ3n) is 5.43. The smallest absolute Gasteiger partial charge is 0.422 e. The van der Waals surface area contributed by atoms with Gasteiger partial charge in [-0.05, 0) is 55.7 Å². The summed E-state index contributed by atoms with van der Waals surface area (Å²) in [6, 6.07) is 11.0. The first-order valence-electron chi connectivity index (χ1n) is 10.3. The highest BCUT2D eigenvalue weighted by molar-refractivity contribution is 5.76. The number of amides is 2. The van der Waals surface area contributed by atoms with Crippen LogP contribution in [0.15, 0.2) is 42.5 Å². The zero-order valence-electron chi connectivity index (χ0n) is 18.2. The number of nitrogens with zero attached hydrogens (tertiary/aromatic N) is 1. The minimum Gasteiger partial charge on any atom is -0.497 e. The van der Waals surface area contributed by atoms with Gasteiger partial charge in [0.05, 0.1) is 26.3 Å². The van der Waals surface area contributed by atoms with E-state index in [1.54, 1.807) is 31.3 Å². The lowest BCUT2D eigenvalue weighted by Gasteiger charge is -2.28. The van der Waals surface area contributed by atoms with Crippen LogP contribution in [0.3, 0.4) is 0 Å². The molecule has 1 N–H and O–H groups in total. The van der Waals surface area contributed by atoms with Crippen molar-refractivity contribution in [3.8, 4) is 17.2 Å². The van der Waals surface area contributed by atoms with E-state index in [-0.39, 0.29) is 23.9 Å². The molecule has 174 valence electrons. The number of carbonyl (C=O) groups is 1. The highest BCUT2D eigenvalue weighted by Gasteiger charge is 2.33. The molecule has 1 aliphatic heterocycles. The number of nitrogens with one attached hydrogen (secondary N) is 1. The second kappa shape index (κ2) is 10.0. The molecule has 3 rings (SSSR count). The topological polar surface area (TPSA) is 60.0 Å². The number of carbonyl (C=O) groups excluding carboxylic acids is 1. The summed E-state index contributed by atoms with van der Waals surface area (Å²) >= 11 is 0. The number of halogens is 3. The zero-order valence-corrected chi connectivity index (χ0v) is 18.2. The molecule has 0 saturated carbocycles. The molecule has 1 saturated heterocycles. The highest BCUT2D eigenvalue weighted by Crippen LogP contribution is 2.39. The zero-order chi connectivity index (χ0) is 23.3. The van der Waals surface area contributed by atoms with Crippen molar-refractivity contribution >= 4 is 6.03 Å². The second-order valence-corrected chi connectivity index (χ2v) is 7.60. The number of rotatable bonds is 7. The average Bonchev–Trinajstić information content (AvgIpc) is 3.27. The van der Waals surface area contributed by atoms with E-state index in [1.807, 2.05) is 25.1 Å². The van der Waals surface area contributed by atoms with Gasteiger partial charge in [0.1, 0.15) is 17.2 Å². The maximum absolute atomic E-state index is 13.0. The normalized spacial score (nSPS) is 17.1. The van der Waals surface area contributed by atoms with Crippen LogP contribution in [0, 0.1) is 0 Å². The van der Waals surface area contributed by atoms with Gasteiger partial charge in [0.25, 0.3) is 0 Å². The third-order valence-corrected chi connectivity index (χ3v) is 5.43. The maximum Gasteiger partial charge on any atom is 0.422 e. The summed E-state index contributed by atoms with van der Waals surface area (Å²) in [6.45, 7) is 1.08. The fourth-order valence-electron chi connectivity index (χ4n) is 3.80. The van der Waals surface area contributed by atoms with Gasteiger partial charge < -0.3 is 24.4 Å². The fourth-order valence-corrected chi connectivity index (χ4v) is 3.80. The molecule has 1 aliphatic rings. The van der Waals surface area contributed by atoms with E-state index >= 15 is 0 Å². The summed E-state index contributed by atoms with van der Waals surface area (Å²) in [4.78, 5) is 14.8. The molecule has 6 nitrogen and oxygen atoms in total. The molecule has 9 heteroatoms. The molecular formula is C23H27F3N2O4. The summed E-state index contributed by atoms with van der Waals surface area (Å²) < 4.78 is 52.4. The van der Waals surface area contributed by atoms with Crippen molar-refractivity contribution in [1.29, 1.82) is 0 Å². The Morgan fingerprint density at radius 2 is 1.81 bits per heavy atom. The number of hydrogen-bond donors (Lipinski definition) is 1. The van der Waals surface area contributed by atoms with Crippen LogP contribution in [-0.2, 0) is 0 Å². The number of benzene rings is 2. The minimum atomic E-state index is -4.39. The highest BCUT2D eigenvalue weighted by atomic mass is 19.4. The van der Waals surface area contributed by atoms with Crippen LogP contribution in [0.1, 0.15) is 43.0 Å². The Morgan fingerprint density at radius 1 is 1.12 bits per heavy atom. The van der Waals surface area contributed by atoms with Gasteiger partial charge in [-0.1, -0.05) is 12.1 Å². The molecule has 2 amide bonds. The second-order valence-electron chi connectivity index (χ2n) is 7.60. The van der Waals surface area contributed by atoms with Gasteiger partial charge in [-0.2, -0.15) is 13.2 Å². The Bertz CT molecular complexity index is 918. The molecule has 2 unspecified atom stereocenters. The van der Waals surface area contributed by atoms with Gasteiger partial charge in [0, 0.05) is 12.1 Å². The molecular weight excluding hydrogens is 425 g/mol. The molecule has 2 atom stereocenters. The van der Waals surface area contributed by atoms with Crippen LogP contribution < -0.4 is 19.5 Å². The average molecular weight is 452 g/mol. The van der Waals surface area contributed by atoms with Gasteiger partial charge in [0.15, 0.2) is 6.61 Å². The monoisotopic (exact) mass is 452 g/mol. The largest absolute Gasteiger partial charge is 0.497 e. The van der Waals surface area contributed by atoms with Crippen LogP contribution in [0.2, 0.25) is 0 Å². The van der Waals surface area contributed by atoms with Gasteiger partial charge in [-0.3, -0.25) is 0 Å². The van der Waals surface area contributed by atoms with Crippen molar-refractivity contribution in [2.24, 2.45) is 0 Å². The van der Waals surface area contributed by atoms with Gasteiger partial charge in [-0.25, -0.2) is 4.79 Å². The molecule has 1 fully saturated rings. The first-order chi connectivity index (χ1) is 15.2. The predicted molar refractivity (Wildman–Crippen MR) is 113 cm³/mol. The maximum atomic E-state index is 13.0. The molecule has 2 aromatic carbocycles. The lowest BCUT2D eigenvalue weighted by atomic mass is 10.0. The Hall–Kier alpha value is -3.10. The van der Waals surface area contributed by atoms with Crippen LogP contribution in [0.4, 0.5) is 18.0 Å². The van der Waals surface area contributed by atoms with Crippen molar-refractivity contribution < 1.29 is 32.2 Å². The predicted octanol–water partition coefficient (Wildman–Crippen LogP) is 5.25. The SMILES string of the molecule is COc1ccc(OC)c(C2CCCN2C(=O)NC(C)c2ccc(OCC(F)(F)F)cc2)c1. The van der Waals surface area contributed by atoms with Gasteiger partial charge in [-0.15, -0.1) is 0 Å². The van der Waals surface area contributed by atoms with Crippen molar-refractivity contribution in [3.05, 3.63) is 53.6 Å². The summed E-state index contributed by atoms with van der Waals surface area (Å²) in [5.41, 5.74) is 1.64. The number of hydrogen-bond acceptors (Lipinski definition) is 4.